The first-order valence-corrected chi connectivity index (χ1v) is 10.3. The molecule has 4 aromatic rings. The van der Waals surface area contributed by atoms with Crippen LogP contribution in [0.1, 0.15) is 5.56 Å². The van der Waals surface area contributed by atoms with Gasteiger partial charge in [-0.25, -0.2) is 9.50 Å². The number of aromatic nitrogens is 3. The van der Waals surface area contributed by atoms with Crippen LogP contribution < -0.4 is 14.5 Å². The molecule has 0 atom stereocenters. The van der Waals surface area contributed by atoms with Crippen LogP contribution in [0.3, 0.4) is 0 Å². The summed E-state index contributed by atoms with van der Waals surface area (Å²) in [6.07, 6.45) is 3.76. The fraction of sp³-hybridized carbons (Fsp3) is 0.250. The van der Waals surface area contributed by atoms with Crippen molar-refractivity contribution >= 4 is 17.0 Å². The largest absolute Gasteiger partial charge is 0.495 e. The van der Waals surface area contributed by atoms with Gasteiger partial charge in [-0.1, -0.05) is 36.4 Å². The van der Waals surface area contributed by atoms with Crippen molar-refractivity contribution in [3.05, 3.63) is 72.6 Å². The highest BCUT2D eigenvalue weighted by Gasteiger charge is 2.22. The molecule has 30 heavy (non-hydrogen) atoms. The van der Waals surface area contributed by atoms with E-state index in [-0.39, 0.29) is 0 Å². The van der Waals surface area contributed by atoms with E-state index in [1.807, 2.05) is 29.0 Å². The Morgan fingerprint density at radius 1 is 0.900 bits per heavy atom. The van der Waals surface area contributed by atoms with Crippen molar-refractivity contribution < 1.29 is 4.74 Å². The van der Waals surface area contributed by atoms with E-state index in [0.717, 1.165) is 60.2 Å². The number of benzene rings is 2. The van der Waals surface area contributed by atoms with Crippen molar-refractivity contribution in [2.24, 2.45) is 0 Å². The lowest BCUT2D eigenvalue weighted by atomic mass is 10.1. The lowest BCUT2D eigenvalue weighted by Crippen LogP contribution is -2.47. The Kier molecular flexibility index (Phi) is 4.75. The Morgan fingerprint density at radius 2 is 1.63 bits per heavy atom. The highest BCUT2D eigenvalue weighted by molar-refractivity contribution is 5.76. The molecule has 152 valence electrons. The summed E-state index contributed by atoms with van der Waals surface area (Å²) in [6, 6.07) is 18.7. The monoisotopic (exact) mass is 399 g/mol. The lowest BCUT2D eigenvalue weighted by molar-refractivity contribution is 0.413. The van der Waals surface area contributed by atoms with E-state index >= 15 is 0 Å². The molecule has 1 aliphatic rings. The highest BCUT2D eigenvalue weighted by Crippen LogP contribution is 2.31. The molecule has 1 aliphatic heterocycles. The van der Waals surface area contributed by atoms with Crippen molar-refractivity contribution in [3.8, 4) is 17.0 Å². The number of ether oxygens (including phenoxy) is 1. The Labute approximate surface area is 176 Å². The quantitative estimate of drug-likeness (QED) is 0.518. The summed E-state index contributed by atoms with van der Waals surface area (Å²) in [5.74, 6) is 1.91. The van der Waals surface area contributed by atoms with E-state index < -0.39 is 0 Å². The first-order chi connectivity index (χ1) is 14.7. The molecule has 0 saturated carbocycles. The standard InChI is InChI=1S/C24H25N5O/c1-18-7-3-4-8-19(18)20-17-22-24(25-11-12-29(22)26-20)28-15-13-27(14-16-28)21-9-5-6-10-23(21)30-2/h3-12,17H,13-16H2,1-2H3. The molecule has 0 unspecified atom stereocenters. The van der Waals surface area contributed by atoms with Gasteiger partial charge in [-0.2, -0.15) is 5.10 Å². The summed E-state index contributed by atoms with van der Waals surface area (Å²) in [4.78, 5) is 9.44. The minimum absolute atomic E-state index is 0.898. The van der Waals surface area contributed by atoms with Gasteiger partial charge in [-0.3, -0.25) is 0 Å². The van der Waals surface area contributed by atoms with Gasteiger partial charge in [0.05, 0.1) is 18.5 Å². The van der Waals surface area contributed by atoms with Crippen LogP contribution in [-0.2, 0) is 0 Å². The number of nitrogens with zero attached hydrogens (tertiary/aromatic N) is 5. The zero-order valence-corrected chi connectivity index (χ0v) is 17.3. The molecule has 1 fully saturated rings. The zero-order chi connectivity index (χ0) is 20.5. The van der Waals surface area contributed by atoms with Gasteiger partial charge >= 0.3 is 0 Å². The molecule has 0 N–H and O–H groups in total. The van der Waals surface area contributed by atoms with Gasteiger partial charge in [-0.05, 0) is 30.7 Å². The van der Waals surface area contributed by atoms with Gasteiger partial charge in [-0.15, -0.1) is 0 Å². The molecule has 2 aromatic carbocycles. The van der Waals surface area contributed by atoms with Gasteiger partial charge in [0.15, 0.2) is 5.82 Å². The van der Waals surface area contributed by atoms with Gasteiger partial charge in [0.1, 0.15) is 11.3 Å². The average Bonchev–Trinajstić information content (AvgIpc) is 3.23. The molecule has 1 saturated heterocycles. The number of piperazine rings is 1. The molecular formula is C24H25N5O. The zero-order valence-electron chi connectivity index (χ0n) is 17.3. The summed E-state index contributed by atoms with van der Waals surface area (Å²) in [7, 11) is 1.73. The topological polar surface area (TPSA) is 45.9 Å². The molecule has 0 radical (unpaired) electrons. The number of para-hydroxylation sites is 2. The van der Waals surface area contributed by atoms with E-state index in [0.29, 0.717) is 0 Å². The van der Waals surface area contributed by atoms with Crippen molar-refractivity contribution in [3.63, 3.8) is 0 Å². The summed E-state index contributed by atoms with van der Waals surface area (Å²) in [5, 5.41) is 4.81. The maximum atomic E-state index is 5.54. The molecule has 0 bridgehead atoms. The summed E-state index contributed by atoms with van der Waals surface area (Å²) in [5.41, 5.74) is 5.56. The second kappa shape index (κ2) is 7.71. The van der Waals surface area contributed by atoms with Crippen molar-refractivity contribution in [1.82, 2.24) is 14.6 Å². The first-order valence-electron chi connectivity index (χ1n) is 10.3. The number of hydrogen-bond donors (Lipinski definition) is 0. The molecule has 0 spiro atoms. The van der Waals surface area contributed by atoms with E-state index in [1.165, 1.54) is 5.56 Å². The Hall–Kier alpha value is -3.54. The predicted octanol–water partition coefficient (Wildman–Crippen LogP) is 4.04. The molecule has 6 nitrogen and oxygen atoms in total. The van der Waals surface area contributed by atoms with Crippen LogP contribution in [0, 0.1) is 6.92 Å². The lowest BCUT2D eigenvalue weighted by Gasteiger charge is -2.37. The third kappa shape index (κ3) is 3.24. The van der Waals surface area contributed by atoms with Crippen LogP contribution in [-0.4, -0.2) is 47.9 Å². The maximum absolute atomic E-state index is 5.54. The second-order valence-electron chi connectivity index (χ2n) is 7.57. The normalized spacial score (nSPS) is 14.3. The SMILES string of the molecule is COc1ccccc1N1CCN(c2nccn3nc(-c4ccccc4C)cc23)CC1. The van der Waals surface area contributed by atoms with Crippen molar-refractivity contribution in [2.45, 2.75) is 6.92 Å². The summed E-state index contributed by atoms with van der Waals surface area (Å²) in [6.45, 7) is 5.75. The minimum atomic E-state index is 0.898. The first kappa shape index (κ1) is 18.5. The molecule has 6 heteroatoms. The van der Waals surface area contributed by atoms with Crippen molar-refractivity contribution in [2.75, 3.05) is 43.1 Å². The third-order valence-corrected chi connectivity index (χ3v) is 5.80. The third-order valence-electron chi connectivity index (χ3n) is 5.80. The number of aryl methyl sites for hydroxylation is 1. The van der Waals surface area contributed by atoms with E-state index in [9.17, 15) is 0 Å². The Morgan fingerprint density at radius 3 is 2.43 bits per heavy atom. The van der Waals surface area contributed by atoms with E-state index in [2.05, 4.69) is 59.2 Å². The molecular weight excluding hydrogens is 374 g/mol. The fourth-order valence-electron chi connectivity index (χ4n) is 4.19. The fourth-order valence-corrected chi connectivity index (χ4v) is 4.19. The number of hydrogen-bond acceptors (Lipinski definition) is 5. The van der Waals surface area contributed by atoms with E-state index in [1.54, 1.807) is 7.11 Å². The van der Waals surface area contributed by atoms with Gasteiger partial charge in [0.2, 0.25) is 0 Å². The number of rotatable bonds is 4. The van der Waals surface area contributed by atoms with Gasteiger partial charge in [0, 0.05) is 44.1 Å². The van der Waals surface area contributed by atoms with Crippen LogP contribution in [0.25, 0.3) is 16.8 Å². The molecule has 5 rings (SSSR count). The minimum Gasteiger partial charge on any atom is -0.495 e. The average molecular weight is 399 g/mol. The predicted molar refractivity (Wildman–Crippen MR) is 121 cm³/mol. The van der Waals surface area contributed by atoms with Crippen LogP contribution in [0.15, 0.2) is 67.0 Å². The molecule has 0 aliphatic carbocycles. The highest BCUT2D eigenvalue weighted by atomic mass is 16.5. The second-order valence-corrected chi connectivity index (χ2v) is 7.57. The van der Waals surface area contributed by atoms with Crippen LogP contribution >= 0.6 is 0 Å². The summed E-state index contributed by atoms with van der Waals surface area (Å²) < 4.78 is 7.48. The Balaban J connectivity index is 1.42. The van der Waals surface area contributed by atoms with Crippen LogP contribution in [0.4, 0.5) is 11.5 Å². The Bertz CT molecular complexity index is 1180. The van der Waals surface area contributed by atoms with Gasteiger partial charge < -0.3 is 14.5 Å². The number of methoxy groups -OCH3 is 1. The van der Waals surface area contributed by atoms with Crippen molar-refractivity contribution in [1.29, 1.82) is 0 Å². The smallest absolute Gasteiger partial charge is 0.154 e. The number of fused-ring (bicyclic) bond motifs is 1. The molecule has 3 heterocycles. The van der Waals surface area contributed by atoms with Gasteiger partial charge in [0.25, 0.3) is 0 Å². The van der Waals surface area contributed by atoms with Crippen LogP contribution in [0.5, 0.6) is 5.75 Å². The molecule has 0 amide bonds. The van der Waals surface area contributed by atoms with E-state index in [4.69, 9.17) is 14.8 Å². The summed E-state index contributed by atoms with van der Waals surface area (Å²) >= 11 is 0. The molecule has 2 aromatic heterocycles. The number of anilines is 2. The van der Waals surface area contributed by atoms with Crippen LogP contribution in [0.2, 0.25) is 0 Å². The maximum Gasteiger partial charge on any atom is 0.154 e.